The molecule has 2 heterocycles. The van der Waals surface area contributed by atoms with Crippen LogP contribution >= 0.6 is 0 Å². The van der Waals surface area contributed by atoms with Gasteiger partial charge < -0.3 is 10.1 Å². The fraction of sp³-hybridized carbons (Fsp3) is 0.0784. The highest BCUT2D eigenvalue weighted by Gasteiger charge is 2.52. The molecular weight excluding hydrogens is 657 g/mol. The molecular formula is C51H36N2O. The number of nitrogens with zero attached hydrogens (tertiary/aromatic N) is 1. The first-order valence-corrected chi connectivity index (χ1v) is 18.9. The maximum atomic E-state index is 6.84. The fourth-order valence-electron chi connectivity index (χ4n) is 9.36. The number of nitrogens with one attached hydrogen (secondary N) is 1. The molecule has 1 spiro atoms. The molecule has 54 heavy (non-hydrogen) atoms. The second-order valence-corrected chi connectivity index (χ2v) is 14.5. The normalized spacial score (nSPS) is 17.6. The summed E-state index contributed by atoms with van der Waals surface area (Å²) in [6.07, 6.45) is 6.13. The Balaban J connectivity index is 1.11. The molecule has 1 atom stereocenters. The van der Waals surface area contributed by atoms with Crippen molar-refractivity contribution in [3.8, 4) is 28.0 Å². The van der Waals surface area contributed by atoms with E-state index in [4.69, 9.17) is 9.73 Å². The summed E-state index contributed by atoms with van der Waals surface area (Å²) >= 11 is 0. The summed E-state index contributed by atoms with van der Waals surface area (Å²) in [6.45, 7) is 0. The monoisotopic (exact) mass is 692 g/mol. The molecule has 256 valence electrons. The lowest BCUT2D eigenvalue weighted by molar-refractivity contribution is 0.362. The Labute approximate surface area is 315 Å². The van der Waals surface area contributed by atoms with Crippen LogP contribution in [0.15, 0.2) is 210 Å². The van der Waals surface area contributed by atoms with Gasteiger partial charge in [0.05, 0.1) is 11.1 Å². The third-order valence-electron chi connectivity index (χ3n) is 11.7. The molecule has 3 heteroatoms. The Morgan fingerprint density at radius 2 is 1.11 bits per heavy atom. The van der Waals surface area contributed by atoms with Gasteiger partial charge in [0.1, 0.15) is 17.7 Å². The highest BCUT2D eigenvalue weighted by atomic mass is 16.5. The third kappa shape index (κ3) is 4.58. The van der Waals surface area contributed by atoms with Crippen LogP contribution in [0.5, 0.6) is 5.75 Å². The van der Waals surface area contributed by atoms with Crippen molar-refractivity contribution in [2.45, 2.75) is 24.4 Å². The van der Waals surface area contributed by atoms with Crippen LogP contribution in [-0.2, 0) is 5.41 Å². The maximum absolute atomic E-state index is 6.84. The van der Waals surface area contributed by atoms with Crippen molar-refractivity contribution in [3.05, 3.63) is 232 Å². The molecule has 7 aromatic carbocycles. The molecule has 1 N–H and O–H groups in total. The lowest BCUT2D eigenvalue weighted by Crippen LogP contribution is -2.36. The van der Waals surface area contributed by atoms with Gasteiger partial charge in [-0.3, -0.25) is 4.99 Å². The van der Waals surface area contributed by atoms with Crippen LogP contribution in [0.2, 0.25) is 0 Å². The number of ether oxygens (including phenoxy) is 1. The Bertz CT molecular complexity index is 2730. The lowest BCUT2D eigenvalue weighted by atomic mass is 9.64. The number of aliphatic imine (C=N–C) groups is 1. The van der Waals surface area contributed by atoms with Crippen molar-refractivity contribution in [1.29, 1.82) is 0 Å². The molecule has 3 nitrogen and oxygen atoms in total. The zero-order chi connectivity index (χ0) is 35.6. The van der Waals surface area contributed by atoms with Crippen LogP contribution in [0.4, 0.5) is 0 Å². The van der Waals surface area contributed by atoms with Crippen molar-refractivity contribution in [3.63, 3.8) is 0 Å². The van der Waals surface area contributed by atoms with Crippen LogP contribution in [0, 0.1) is 0 Å². The largest absolute Gasteiger partial charge is 0.461 e. The van der Waals surface area contributed by atoms with E-state index >= 15 is 0 Å². The van der Waals surface area contributed by atoms with Crippen LogP contribution in [0.1, 0.15) is 46.8 Å². The Morgan fingerprint density at radius 1 is 0.519 bits per heavy atom. The zero-order valence-corrected chi connectivity index (χ0v) is 29.7. The minimum atomic E-state index is -0.489. The van der Waals surface area contributed by atoms with Gasteiger partial charge in [-0.25, -0.2) is 0 Å². The van der Waals surface area contributed by atoms with Crippen molar-refractivity contribution in [2.75, 3.05) is 0 Å². The van der Waals surface area contributed by atoms with Gasteiger partial charge >= 0.3 is 0 Å². The Kier molecular flexibility index (Phi) is 6.96. The molecule has 4 aliphatic rings. The fourth-order valence-corrected chi connectivity index (χ4v) is 9.36. The highest BCUT2D eigenvalue weighted by Crippen LogP contribution is 2.61. The Hall–Kier alpha value is -6.71. The van der Waals surface area contributed by atoms with E-state index in [1.165, 1.54) is 60.9 Å². The van der Waals surface area contributed by atoms with Gasteiger partial charge in [0.15, 0.2) is 0 Å². The topological polar surface area (TPSA) is 33.6 Å². The minimum Gasteiger partial charge on any atom is -0.461 e. The molecule has 0 saturated carbocycles. The second kappa shape index (κ2) is 12.2. The van der Waals surface area contributed by atoms with E-state index in [2.05, 4.69) is 187 Å². The number of hydrogen-bond donors (Lipinski definition) is 1. The standard InChI is InChI=1S/C51H36N2O/c1-3-15-33(16-4-1)36-28-29-41(38-20-8-7-19-37(36)38)47-32-46(52-50(53-47)34-17-5-2-6-18-34)35-27-30-49-45(31-35)51(44-25-13-14-26-48(44)54-49)42-23-11-9-21-39(42)40-22-10-12-24-43(40)51/h1-26,28-29,31-32,50,52H,27,30H2. The molecule has 0 fully saturated rings. The predicted octanol–water partition coefficient (Wildman–Crippen LogP) is 11.9. The van der Waals surface area contributed by atoms with E-state index in [0.29, 0.717) is 0 Å². The number of fused-ring (bicyclic) bond motifs is 9. The van der Waals surface area contributed by atoms with E-state index < -0.39 is 5.41 Å². The van der Waals surface area contributed by atoms with Gasteiger partial charge in [-0.2, -0.15) is 0 Å². The molecule has 1 unspecified atom stereocenters. The average molecular weight is 693 g/mol. The SMILES string of the molecule is C1=C(C2=CC(c3ccc(-c4ccccc4)c4ccccc34)=NC(c3ccccc3)N2)CCC2=C1C1(c3ccccc3O2)c2ccccc2-c2ccccc21. The molecule has 0 radical (unpaired) electrons. The van der Waals surface area contributed by atoms with E-state index in [1.54, 1.807) is 0 Å². The first kappa shape index (κ1) is 30.9. The molecule has 11 rings (SSSR count). The molecule has 7 aromatic rings. The van der Waals surface area contributed by atoms with Crippen molar-refractivity contribution < 1.29 is 4.74 Å². The van der Waals surface area contributed by atoms with E-state index in [0.717, 1.165) is 46.9 Å². The van der Waals surface area contributed by atoms with Crippen molar-refractivity contribution >= 4 is 16.5 Å². The first-order chi connectivity index (χ1) is 26.8. The average Bonchev–Trinajstić information content (AvgIpc) is 3.54. The summed E-state index contributed by atoms with van der Waals surface area (Å²) in [6, 6.07) is 61.0. The number of rotatable bonds is 4. The van der Waals surface area contributed by atoms with Gasteiger partial charge in [0, 0.05) is 28.8 Å². The maximum Gasteiger partial charge on any atom is 0.145 e. The summed E-state index contributed by atoms with van der Waals surface area (Å²) in [5.74, 6) is 2.00. The van der Waals surface area contributed by atoms with Crippen LogP contribution in [-0.4, -0.2) is 5.71 Å². The second-order valence-electron chi connectivity index (χ2n) is 14.5. The summed E-state index contributed by atoms with van der Waals surface area (Å²) in [5.41, 5.74) is 15.2. The predicted molar refractivity (Wildman–Crippen MR) is 219 cm³/mol. The molecule has 0 amide bonds. The first-order valence-electron chi connectivity index (χ1n) is 18.9. The molecule has 2 aliphatic heterocycles. The van der Waals surface area contributed by atoms with Gasteiger partial charge in [-0.15, -0.1) is 0 Å². The highest BCUT2D eigenvalue weighted by molar-refractivity contribution is 6.19. The zero-order valence-electron chi connectivity index (χ0n) is 29.7. The quantitative estimate of drug-likeness (QED) is 0.199. The molecule has 2 aliphatic carbocycles. The number of benzene rings is 7. The molecule has 0 saturated heterocycles. The number of allylic oxidation sites excluding steroid dienone is 5. The van der Waals surface area contributed by atoms with Crippen LogP contribution < -0.4 is 10.1 Å². The van der Waals surface area contributed by atoms with Gasteiger partial charge in [0.2, 0.25) is 0 Å². The Morgan fingerprint density at radius 3 is 1.85 bits per heavy atom. The van der Waals surface area contributed by atoms with Crippen LogP contribution in [0.3, 0.4) is 0 Å². The lowest BCUT2D eigenvalue weighted by Gasteiger charge is -2.42. The minimum absolute atomic E-state index is 0.240. The molecule has 0 bridgehead atoms. The van der Waals surface area contributed by atoms with Gasteiger partial charge in [-0.05, 0) is 79.9 Å². The smallest absolute Gasteiger partial charge is 0.145 e. The summed E-state index contributed by atoms with van der Waals surface area (Å²) in [5, 5.41) is 6.31. The summed E-state index contributed by atoms with van der Waals surface area (Å²) in [7, 11) is 0. The number of hydrogen-bond acceptors (Lipinski definition) is 3. The van der Waals surface area contributed by atoms with Crippen molar-refractivity contribution in [2.24, 2.45) is 4.99 Å². The van der Waals surface area contributed by atoms with E-state index in [9.17, 15) is 0 Å². The van der Waals surface area contributed by atoms with Gasteiger partial charge in [0.25, 0.3) is 0 Å². The van der Waals surface area contributed by atoms with Crippen molar-refractivity contribution in [1.82, 2.24) is 5.32 Å². The summed E-state index contributed by atoms with van der Waals surface area (Å²) < 4.78 is 6.84. The number of para-hydroxylation sites is 1. The van der Waals surface area contributed by atoms with Gasteiger partial charge in [-0.1, -0.05) is 164 Å². The molecule has 0 aromatic heterocycles. The van der Waals surface area contributed by atoms with E-state index in [-0.39, 0.29) is 6.17 Å². The third-order valence-corrected chi connectivity index (χ3v) is 11.7. The summed E-state index contributed by atoms with van der Waals surface area (Å²) in [4.78, 5) is 5.43. The van der Waals surface area contributed by atoms with E-state index in [1.807, 2.05) is 0 Å². The van der Waals surface area contributed by atoms with Crippen LogP contribution in [0.25, 0.3) is 33.0 Å².